The van der Waals surface area contributed by atoms with Crippen molar-refractivity contribution < 1.29 is 0 Å². The van der Waals surface area contributed by atoms with E-state index in [-0.39, 0.29) is 0 Å². The van der Waals surface area contributed by atoms with Gasteiger partial charge < -0.3 is 9.13 Å². The molecule has 0 N–H and O–H groups in total. The summed E-state index contributed by atoms with van der Waals surface area (Å²) < 4.78 is 7.61. The van der Waals surface area contributed by atoms with E-state index < -0.39 is 0 Å². The second-order valence-corrected chi connectivity index (χ2v) is 15.1. The fraction of sp³-hybridized carbons (Fsp3) is 0.0204. The van der Waals surface area contributed by atoms with Gasteiger partial charge in [0.05, 0.1) is 33.4 Å². The molecule has 0 saturated carbocycles. The Labute approximate surface area is 304 Å². The summed E-state index contributed by atoms with van der Waals surface area (Å²) in [7, 11) is 0. The van der Waals surface area contributed by atoms with Gasteiger partial charge in [0.1, 0.15) is 0 Å². The molecule has 0 amide bonds. The number of nitrogens with zero attached hydrogens (tertiary/aromatic N) is 2. The van der Waals surface area contributed by atoms with Gasteiger partial charge in [0.25, 0.3) is 0 Å². The molecule has 0 bridgehead atoms. The lowest BCUT2D eigenvalue weighted by atomic mass is 10.0. The first-order valence-electron chi connectivity index (χ1n) is 18.0. The Morgan fingerprint density at radius 2 is 0.923 bits per heavy atom. The zero-order valence-corrected chi connectivity index (χ0v) is 29.0. The van der Waals surface area contributed by atoms with Gasteiger partial charge in [-0.2, -0.15) is 0 Å². The molecule has 1 aliphatic rings. The molecule has 3 aromatic heterocycles. The molecule has 52 heavy (non-hydrogen) atoms. The molecule has 8 aromatic carbocycles. The molecule has 1 aliphatic carbocycles. The van der Waals surface area contributed by atoms with Crippen LogP contribution in [-0.2, 0) is 6.42 Å². The highest BCUT2D eigenvalue weighted by Crippen LogP contribution is 2.45. The van der Waals surface area contributed by atoms with Crippen LogP contribution in [-0.4, -0.2) is 9.13 Å². The van der Waals surface area contributed by atoms with Gasteiger partial charge in [0.2, 0.25) is 0 Å². The molecule has 0 atom stereocenters. The highest BCUT2D eigenvalue weighted by Gasteiger charge is 2.24. The zero-order chi connectivity index (χ0) is 33.9. The molecule has 3 heteroatoms. The number of rotatable bonds is 3. The summed E-state index contributed by atoms with van der Waals surface area (Å²) in [5.74, 6) is 0. The lowest BCUT2D eigenvalue weighted by Crippen LogP contribution is -1.97. The minimum atomic E-state index is 0.985. The molecule has 0 spiro atoms. The quantitative estimate of drug-likeness (QED) is 0.176. The predicted octanol–water partition coefficient (Wildman–Crippen LogP) is 13.5. The van der Waals surface area contributed by atoms with Crippen molar-refractivity contribution in [2.24, 2.45) is 0 Å². The highest BCUT2D eigenvalue weighted by atomic mass is 32.1. The molecular formula is C49H30N2S. The van der Waals surface area contributed by atoms with Gasteiger partial charge in [-0.05, 0) is 94.9 Å². The first-order chi connectivity index (χ1) is 25.8. The summed E-state index contributed by atoms with van der Waals surface area (Å²) in [6.07, 6.45) is 0.985. The summed E-state index contributed by atoms with van der Waals surface area (Å²) in [5.41, 5.74) is 15.4. The third-order valence-electron chi connectivity index (χ3n) is 11.3. The number of fused-ring (bicyclic) bond motifs is 12. The Morgan fingerprint density at radius 3 is 1.67 bits per heavy atom. The molecule has 0 radical (unpaired) electrons. The molecule has 0 fully saturated rings. The summed E-state index contributed by atoms with van der Waals surface area (Å²) in [6, 6.07) is 63.1. The number of hydrogen-bond acceptors (Lipinski definition) is 1. The van der Waals surface area contributed by atoms with Crippen molar-refractivity contribution in [2.75, 3.05) is 0 Å². The second-order valence-electron chi connectivity index (χ2n) is 14.1. The third-order valence-corrected chi connectivity index (χ3v) is 12.5. The number of hydrogen-bond donors (Lipinski definition) is 0. The summed E-state index contributed by atoms with van der Waals surface area (Å²) in [6.45, 7) is 0. The van der Waals surface area contributed by atoms with Gasteiger partial charge in [-0.25, -0.2) is 0 Å². The molecular weight excluding hydrogens is 649 g/mol. The maximum Gasteiger partial charge on any atom is 0.0555 e. The minimum absolute atomic E-state index is 0.985. The lowest BCUT2D eigenvalue weighted by Gasteiger charge is -2.14. The Kier molecular flexibility index (Phi) is 5.74. The molecule has 12 rings (SSSR count). The van der Waals surface area contributed by atoms with Crippen LogP contribution in [0.2, 0.25) is 0 Å². The van der Waals surface area contributed by atoms with Gasteiger partial charge in [0, 0.05) is 47.3 Å². The molecule has 0 saturated heterocycles. The summed E-state index contributed by atoms with van der Waals surface area (Å²) in [4.78, 5) is 0. The van der Waals surface area contributed by atoms with Gasteiger partial charge in [-0.3, -0.25) is 0 Å². The normalized spacial score (nSPS) is 12.5. The fourth-order valence-corrected chi connectivity index (χ4v) is 10.2. The maximum atomic E-state index is 2.49. The van der Waals surface area contributed by atoms with Gasteiger partial charge in [-0.15, -0.1) is 11.3 Å². The minimum Gasteiger partial charge on any atom is -0.309 e. The predicted molar refractivity (Wildman–Crippen MR) is 222 cm³/mol. The first-order valence-corrected chi connectivity index (χ1v) is 18.8. The van der Waals surface area contributed by atoms with Crippen LogP contribution >= 0.6 is 11.3 Å². The van der Waals surface area contributed by atoms with Crippen LogP contribution in [0, 0.1) is 0 Å². The SMILES string of the molecule is c1ccc2c(c1)Cc1cccc(-n3c4ccccc4c4cc(-c5ccc6c(c5)c5ccccc5n6-c5cccc6sc7ccccc7c56)ccc43)c1-2. The number of para-hydroxylation sites is 2. The van der Waals surface area contributed by atoms with E-state index in [4.69, 9.17) is 0 Å². The summed E-state index contributed by atoms with van der Waals surface area (Å²) in [5, 5.41) is 7.73. The average Bonchev–Trinajstić information content (AvgIpc) is 3.95. The molecule has 0 aliphatic heterocycles. The van der Waals surface area contributed by atoms with Crippen molar-refractivity contribution in [2.45, 2.75) is 6.42 Å². The van der Waals surface area contributed by atoms with E-state index in [1.807, 2.05) is 11.3 Å². The van der Waals surface area contributed by atoms with E-state index >= 15 is 0 Å². The van der Waals surface area contributed by atoms with Crippen molar-refractivity contribution in [1.82, 2.24) is 9.13 Å². The van der Waals surface area contributed by atoms with Gasteiger partial charge in [0.15, 0.2) is 0 Å². The van der Waals surface area contributed by atoms with Crippen molar-refractivity contribution in [3.8, 4) is 33.6 Å². The van der Waals surface area contributed by atoms with E-state index in [1.165, 1.54) is 109 Å². The van der Waals surface area contributed by atoms with Crippen LogP contribution in [0.5, 0.6) is 0 Å². The van der Waals surface area contributed by atoms with E-state index in [0.717, 1.165) is 6.42 Å². The van der Waals surface area contributed by atoms with E-state index in [9.17, 15) is 0 Å². The highest BCUT2D eigenvalue weighted by molar-refractivity contribution is 7.25. The maximum absolute atomic E-state index is 2.49. The molecule has 0 unspecified atom stereocenters. The Morgan fingerprint density at radius 1 is 0.385 bits per heavy atom. The number of thiophene rings is 1. The summed E-state index contributed by atoms with van der Waals surface area (Å²) >= 11 is 1.87. The Balaban J connectivity index is 1.07. The van der Waals surface area contributed by atoms with Crippen molar-refractivity contribution >= 4 is 75.1 Å². The Hall–Kier alpha value is -6.42. The fourth-order valence-electron chi connectivity index (χ4n) is 9.12. The number of aromatic nitrogens is 2. The van der Waals surface area contributed by atoms with Crippen LogP contribution in [0.25, 0.3) is 97.4 Å². The van der Waals surface area contributed by atoms with Crippen LogP contribution < -0.4 is 0 Å². The zero-order valence-electron chi connectivity index (χ0n) is 28.2. The van der Waals surface area contributed by atoms with Crippen LogP contribution in [0.15, 0.2) is 170 Å². The Bertz CT molecular complexity index is 3280. The van der Waals surface area contributed by atoms with E-state index in [0.29, 0.717) is 0 Å². The van der Waals surface area contributed by atoms with Crippen molar-refractivity contribution in [3.63, 3.8) is 0 Å². The second kappa shape index (κ2) is 10.6. The largest absolute Gasteiger partial charge is 0.309 e. The van der Waals surface area contributed by atoms with Gasteiger partial charge in [-0.1, -0.05) is 109 Å². The molecule has 3 heterocycles. The molecule has 2 nitrogen and oxygen atoms in total. The standard InChI is InChI=1S/C49H30N2S/c1-2-13-34-32(11-1)27-33-12-9-19-44(48(33)34)50-40-17-6-3-14-35(40)38-28-30(23-25-42(38)50)31-24-26-43-39(29-31)36-15-4-7-18-41(36)51(43)45-20-10-22-47-49(45)37-16-5-8-21-46(37)52-47/h1-26,28-29H,27H2. The topological polar surface area (TPSA) is 9.86 Å². The van der Waals surface area contributed by atoms with Crippen molar-refractivity contribution in [3.05, 3.63) is 181 Å². The lowest BCUT2D eigenvalue weighted by molar-refractivity contribution is 1.17. The smallest absolute Gasteiger partial charge is 0.0555 e. The van der Waals surface area contributed by atoms with Gasteiger partial charge >= 0.3 is 0 Å². The van der Waals surface area contributed by atoms with Crippen LogP contribution in [0.4, 0.5) is 0 Å². The van der Waals surface area contributed by atoms with Crippen LogP contribution in [0.1, 0.15) is 11.1 Å². The van der Waals surface area contributed by atoms with E-state index in [1.54, 1.807) is 0 Å². The number of benzene rings is 8. The van der Waals surface area contributed by atoms with E-state index in [2.05, 4.69) is 179 Å². The third kappa shape index (κ3) is 3.83. The first kappa shape index (κ1) is 28.3. The monoisotopic (exact) mass is 678 g/mol. The molecule has 11 aromatic rings. The van der Waals surface area contributed by atoms with Crippen LogP contribution in [0.3, 0.4) is 0 Å². The average molecular weight is 679 g/mol. The molecule has 242 valence electrons. The van der Waals surface area contributed by atoms with Crippen molar-refractivity contribution in [1.29, 1.82) is 0 Å².